The number of hydrogen-bond donors (Lipinski definition) is 0. The molecule has 0 bridgehead atoms. The van der Waals surface area contributed by atoms with E-state index in [-0.39, 0.29) is 5.91 Å². The molecule has 7 nitrogen and oxygen atoms in total. The van der Waals surface area contributed by atoms with Crippen molar-refractivity contribution in [2.45, 2.75) is 17.0 Å². The second-order valence-corrected chi connectivity index (χ2v) is 10.2. The fraction of sp³-hybridized carbons (Fsp3) is 0.300. The first kappa shape index (κ1) is 19.5. The van der Waals surface area contributed by atoms with Gasteiger partial charge in [-0.15, -0.1) is 21.5 Å². The van der Waals surface area contributed by atoms with Gasteiger partial charge in [-0.05, 0) is 13.0 Å². The summed E-state index contributed by atoms with van der Waals surface area (Å²) in [6.45, 7) is 4.78. The second-order valence-electron chi connectivity index (χ2n) is 6.88. The molecule has 0 spiro atoms. The number of aromatic nitrogens is 3. The molecule has 5 rings (SSSR count). The molecule has 1 fully saturated rings. The van der Waals surface area contributed by atoms with Gasteiger partial charge in [-0.25, -0.2) is 4.98 Å². The Bertz CT molecular complexity index is 1160. The molecule has 0 unspecified atom stereocenters. The van der Waals surface area contributed by atoms with Crippen molar-refractivity contribution in [3.8, 4) is 0 Å². The summed E-state index contributed by atoms with van der Waals surface area (Å²) in [5.41, 5.74) is 1.67. The quantitative estimate of drug-likeness (QED) is 0.414. The summed E-state index contributed by atoms with van der Waals surface area (Å²) in [5, 5.41) is 13.2. The number of carbonyl (C=O) groups excluding carboxylic acids is 1. The van der Waals surface area contributed by atoms with Crippen LogP contribution in [0.1, 0.15) is 21.1 Å². The summed E-state index contributed by atoms with van der Waals surface area (Å²) in [7, 11) is 0. The standard InChI is InChI=1S/C20H19N5O2S3/c1-13-22-23-20(30-13)29-12-15-14-4-2-3-5-16(14)27-17(15)18(26)24-7-9-25(10-8-24)19-21-6-11-28-19/h2-6,11H,7-10,12H2,1H3. The van der Waals surface area contributed by atoms with Crippen molar-refractivity contribution in [1.29, 1.82) is 0 Å². The maximum absolute atomic E-state index is 13.4. The van der Waals surface area contributed by atoms with Crippen molar-refractivity contribution >= 4 is 56.4 Å². The molecule has 30 heavy (non-hydrogen) atoms. The molecule has 0 aliphatic carbocycles. The van der Waals surface area contributed by atoms with Gasteiger partial charge in [-0.1, -0.05) is 41.3 Å². The zero-order valence-electron chi connectivity index (χ0n) is 16.3. The van der Waals surface area contributed by atoms with E-state index in [2.05, 4.69) is 20.1 Å². The van der Waals surface area contributed by atoms with Gasteiger partial charge in [0.1, 0.15) is 10.6 Å². The number of anilines is 1. The number of furan rings is 1. The fourth-order valence-electron chi connectivity index (χ4n) is 3.50. The molecule has 1 saturated heterocycles. The topological polar surface area (TPSA) is 75.4 Å². The van der Waals surface area contributed by atoms with Crippen LogP contribution in [0.2, 0.25) is 0 Å². The minimum absolute atomic E-state index is 0.0472. The monoisotopic (exact) mass is 457 g/mol. The highest BCUT2D eigenvalue weighted by Crippen LogP contribution is 2.34. The number of thiazole rings is 1. The highest BCUT2D eigenvalue weighted by atomic mass is 32.2. The summed E-state index contributed by atoms with van der Waals surface area (Å²) in [6.07, 6.45) is 1.81. The number of carbonyl (C=O) groups is 1. The Hall–Kier alpha value is -2.43. The lowest BCUT2D eigenvalue weighted by atomic mass is 10.1. The number of fused-ring (bicyclic) bond motifs is 1. The Morgan fingerprint density at radius 1 is 1.20 bits per heavy atom. The predicted molar refractivity (Wildman–Crippen MR) is 121 cm³/mol. The van der Waals surface area contributed by atoms with Gasteiger partial charge in [0.05, 0.1) is 0 Å². The predicted octanol–water partition coefficient (Wildman–Crippen LogP) is 4.30. The lowest BCUT2D eigenvalue weighted by Gasteiger charge is -2.34. The molecule has 0 radical (unpaired) electrons. The third-order valence-electron chi connectivity index (χ3n) is 5.00. The fourth-order valence-corrected chi connectivity index (χ4v) is 6.04. The van der Waals surface area contributed by atoms with Gasteiger partial charge in [-0.2, -0.15) is 0 Å². The molecule has 154 valence electrons. The summed E-state index contributed by atoms with van der Waals surface area (Å²) in [6, 6.07) is 7.83. The van der Waals surface area contributed by atoms with E-state index >= 15 is 0 Å². The Morgan fingerprint density at radius 3 is 2.77 bits per heavy atom. The van der Waals surface area contributed by atoms with Gasteiger partial charge < -0.3 is 14.2 Å². The van der Waals surface area contributed by atoms with E-state index in [0.29, 0.717) is 24.6 Å². The average Bonchev–Trinajstić information content (AvgIpc) is 3.52. The van der Waals surface area contributed by atoms with Gasteiger partial charge in [0.25, 0.3) is 5.91 Å². The van der Waals surface area contributed by atoms with E-state index < -0.39 is 0 Å². The Balaban J connectivity index is 1.37. The molecule has 4 aromatic rings. The molecule has 1 aliphatic heterocycles. The van der Waals surface area contributed by atoms with E-state index in [1.807, 2.05) is 47.7 Å². The number of aryl methyl sites for hydroxylation is 1. The van der Waals surface area contributed by atoms with Crippen molar-refractivity contribution < 1.29 is 9.21 Å². The molecule has 1 aliphatic rings. The number of thioether (sulfide) groups is 1. The van der Waals surface area contributed by atoms with Crippen molar-refractivity contribution in [3.05, 3.63) is 52.2 Å². The zero-order valence-corrected chi connectivity index (χ0v) is 18.7. The van der Waals surface area contributed by atoms with Crippen molar-refractivity contribution in [2.75, 3.05) is 31.1 Å². The smallest absolute Gasteiger partial charge is 0.290 e. The number of piperazine rings is 1. The van der Waals surface area contributed by atoms with Crippen LogP contribution in [0.4, 0.5) is 5.13 Å². The van der Waals surface area contributed by atoms with Crippen molar-refractivity contribution in [1.82, 2.24) is 20.1 Å². The number of hydrogen-bond acceptors (Lipinski definition) is 9. The van der Waals surface area contributed by atoms with E-state index in [4.69, 9.17) is 4.42 Å². The Kier molecular flexibility index (Phi) is 5.45. The number of amides is 1. The second kappa shape index (κ2) is 8.37. The molecule has 0 saturated carbocycles. The van der Waals surface area contributed by atoms with Gasteiger partial charge >= 0.3 is 0 Å². The van der Waals surface area contributed by atoms with Crippen LogP contribution in [0.5, 0.6) is 0 Å². The summed E-state index contributed by atoms with van der Waals surface area (Å²) in [5.74, 6) is 1.01. The SMILES string of the molecule is Cc1nnc(SCc2c(C(=O)N3CCN(c4nccs4)CC3)oc3ccccc23)s1. The van der Waals surface area contributed by atoms with E-state index in [1.54, 1.807) is 34.4 Å². The van der Waals surface area contributed by atoms with Crippen LogP contribution in [0, 0.1) is 6.92 Å². The number of nitrogens with zero attached hydrogens (tertiary/aromatic N) is 5. The maximum atomic E-state index is 13.4. The van der Waals surface area contributed by atoms with Gasteiger partial charge in [0.2, 0.25) is 0 Å². The van der Waals surface area contributed by atoms with E-state index in [0.717, 1.165) is 44.1 Å². The van der Waals surface area contributed by atoms with Crippen molar-refractivity contribution in [2.24, 2.45) is 0 Å². The molecule has 4 heterocycles. The van der Waals surface area contributed by atoms with Crippen LogP contribution in [-0.4, -0.2) is 52.2 Å². The molecule has 1 aromatic carbocycles. The van der Waals surface area contributed by atoms with E-state index in [1.165, 1.54) is 0 Å². The third kappa shape index (κ3) is 3.82. The molecular weight excluding hydrogens is 438 g/mol. The van der Waals surface area contributed by atoms with Crippen LogP contribution < -0.4 is 4.90 Å². The van der Waals surface area contributed by atoms with Crippen LogP contribution in [0.25, 0.3) is 11.0 Å². The minimum atomic E-state index is -0.0472. The van der Waals surface area contributed by atoms with Crippen LogP contribution in [-0.2, 0) is 5.75 Å². The average molecular weight is 458 g/mol. The van der Waals surface area contributed by atoms with Gasteiger partial charge in [0.15, 0.2) is 15.2 Å². The van der Waals surface area contributed by atoms with Crippen molar-refractivity contribution in [3.63, 3.8) is 0 Å². The molecular formula is C20H19N5O2S3. The number of para-hydroxylation sites is 1. The van der Waals surface area contributed by atoms with Gasteiger partial charge in [0, 0.05) is 54.5 Å². The lowest BCUT2D eigenvalue weighted by Crippen LogP contribution is -2.48. The summed E-state index contributed by atoms with van der Waals surface area (Å²) in [4.78, 5) is 21.8. The molecule has 3 aromatic heterocycles. The Morgan fingerprint density at radius 2 is 2.03 bits per heavy atom. The highest BCUT2D eigenvalue weighted by molar-refractivity contribution is 8.00. The van der Waals surface area contributed by atoms with E-state index in [9.17, 15) is 4.79 Å². The molecule has 10 heteroatoms. The van der Waals surface area contributed by atoms with Crippen LogP contribution in [0.15, 0.2) is 44.6 Å². The first-order valence-electron chi connectivity index (χ1n) is 9.56. The minimum Gasteiger partial charge on any atom is -0.451 e. The number of benzene rings is 1. The van der Waals surface area contributed by atoms with Crippen LogP contribution >= 0.6 is 34.4 Å². The maximum Gasteiger partial charge on any atom is 0.290 e. The third-order valence-corrected chi connectivity index (χ3v) is 7.83. The zero-order chi connectivity index (χ0) is 20.5. The molecule has 0 atom stereocenters. The lowest BCUT2D eigenvalue weighted by molar-refractivity contribution is 0.0716. The molecule has 0 N–H and O–H groups in total. The summed E-state index contributed by atoms with van der Waals surface area (Å²) < 4.78 is 6.94. The van der Waals surface area contributed by atoms with Crippen LogP contribution in [0.3, 0.4) is 0 Å². The largest absolute Gasteiger partial charge is 0.451 e. The first-order chi connectivity index (χ1) is 14.7. The Labute approximate surface area is 185 Å². The number of rotatable bonds is 5. The van der Waals surface area contributed by atoms with Gasteiger partial charge in [-0.3, -0.25) is 4.79 Å². The first-order valence-corrected chi connectivity index (χ1v) is 12.2. The molecule has 1 amide bonds. The normalized spacial score (nSPS) is 14.6. The summed E-state index contributed by atoms with van der Waals surface area (Å²) >= 11 is 4.78. The highest BCUT2D eigenvalue weighted by Gasteiger charge is 2.28.